The van der Waals surface area contributed by atoms with Gasteiger partial charge in [0, 0.05) is 5.54 Å². The molecule has 2 aromatic rings. The number of rotatable bonds is 5. The first kappa shape index (κ1) is 11.9. The lowest BCUT2D eigenvalue weighted by Crippen LogP contribution is -2.44. The van der Waals surface area contributed by atoms with Crippen LogP contribution in [-0.2, 0) is 0 Å². The molecule has 0 saturated carbocycles. The zero-order valence-electron chi connectivity index (χ0n) is 10.3. The smallest absolute Gasteiger partial charge is 0.394 e. The third-order valence-electron chi connectivity index (χ3n) is 3.17. The van der Waals surface area contributed by atoms with Crippen LogP contribution in [0.5, 0.6) is 6.08 Å². The molecular weight excluding hydrogens is 216 g/mol. The minimum Gasteiger partial charge on any atom is -0.448 e. The minimum absolute atomic E-state index is 0.294. The van der Waals surface area contributed by atoms with E-state index in [4.69, 9.17) is 14.9 Å². The van der Waals surface area contributed by atoms with Crippen molar-refractivity contribution in [2.45, 2.75) is 32.2 Å². The Balaban J connectivity index is 2.09. The fourth-order valence-corrected chi connectivity index (χ4v) is 1.57. The molecule has 92 valence electrons. The van der Waals surface area contributed by atoms with Crippen LogP contribution in [0.3, 0.4) is 0 Å². The van der Waals surface area contributed by atoms with Crippen LogP contribution in [-0.4, -0.2) is 17.1 Å². The highest BCUT2D eigenvalue weighted by atomic mass is 16.6. The van der Waals surface area contributed by atoms with E-state index in [0.29, 0.717) is 12.7 Å². The lowest BCUT2D eigenvalue weighted by molar-refractivity contribution is 0.165. The molecule has 0 aliphatic carbocycles. The number of hydrogen-bond acceptors (Lipinski definition) is 4. The van der Waals surface area contributed by atoms with Gasteiger partial charge in [0.1, 0.15) is 12.1 Å². The second kappa shape index (κ2) is 4.75. The van der Waals surface area contributed by atoms with Crippen LogP contribution in [0, 0.1) is 0 Å². The summed E-state index contributed by atoms with van der Waals surface area (Å²) in [5.74, 6) is 0. The summed E-state index contributed by atoms with van der Waals surface area (Å²) < 4.78 is 11.0. The highest BCUT2D eigenvalue weighted by Gasteiger charge is 2.22. The minimum atomic E-state index is -0.305. The fraction of sp³-hybridized carbons (Fsp3) is 0.462. The number of hydrogen-bond donors (Lipinski definition) is 1. The first-order valence-electron chi connectivity index (χ1n) is 5.94. The van der Waals surface area contributed by atoms with E-state index in [1.807, 2.05) is 24.3 Å². The van der Waals surface area contributed by atoms with E-state index in [1.54, 1.807) is 0 Å². The van der Waals surface area contributed by atoms with E-state index < -0.39 is 0 Å². The summed E-state index contributed by atoms with van der Waals surface area (Å²) in [7, 11) is 0. The van der Waals surface area contributed by atoms with Crippen molar-refractivity contribution in [2.24, 2.45) is 5.73 Å². The van der Waals surface area contributed by atoms with Crippen LogP contribution in [0.4, 0.5) is 0 Å². The molecule has 0 atom stereocenters. The van der Waals surface area contributed by atoms with E-state index >= 15 is 0 Å². The molecule has 0 aliphatic heterocycles. The molecule has 2 rings (SSSR count). The summed E-state index contributed by atoms with van der Waals surface area (Å²) in [6.45, 7) is 4.53. The number of ether oxygens (including phenoxy) is 1. The number of nitrogens with zero attached hydrogens (tertiary/aromatic N) is 1. The molecule has 4 nitrogen and oxygen atoms in total. The number of benzene rings is 1. The number of para-hydroxylation sites is 2. The van der Waals surface area contributed by atoms with Crippen LogP contribution in [0.15, 0.2) is 28.7 Å². The number of fused-ring (bicyclic) bond motifs is 1. The van der Waals surface area contributed by atoms with Crippen molar-refractivity contribution in [3.8, 4) is 6.08 Å². The first-order chi connectivity index (χ1) is 8.17. The van der Waals surface area contributed by atoms with Gasteiger partial charge in [-0.05, 0) is 25.0 Å². The maximum absolute atomic E-state index is 6.14. The van der Waals surface area contributed by atoms with Crippen LogP contribution in [0.1, 0.15) is 26.7 Å². The van der Waals surface area contributed by atoms with Gasteiger partial charge in [0.2, 0.25) is 0 Å². The molecule has 0 aliphatic rings. The first-order valence-corrected chi connectivity index (χ1v) is 5.94. The summed E-state index contributed by atoms with van der Waals surface area (Å²) in [5.41, 5.74) is 7.38. The molecule has 1 aromatic heterocycles. The summed E-state index contributed by atoms with van der Waals surface area (Å²) in [4.78, 5) is 4.24. The van der Waals surface area contributed by atoms with Crippen LogP contribution >= 0.6 is 0 Å². The van der Waals surface area contributed by atoms with Gasteiger partial charge in [-0.25, -0.2) is 0 Å². The predicted octanol–water partition coefficient (Wildman–Crippen LogP) is 2.72. The Morgan fingerprint density at radius 2 is 2.00 bits per heavy atom. The highest BCUT2D eigenvalue weighted by molar-refractivity contribution is 5.72. The second-order valence-corrected chi connectivity index (χ2v) is 4.31. The van der Waals surface area contributed by atoms with Gasteiger partial charge in [-0.1, -0.05) is 26.0 Å². The molecule has 0 bridgehead atoms. The van der Waals surface area contributed by atoms with Gasteiger partial charge in [0.05, 0.1) is 0 Å². The largest absolute Gasteiger partial charge is 0.448 e. The zero-order chi connectivity index (χ0) is 12.3. The van der Waals surface area contributed by atoms with Crippen molar-refractivity contribution in [1.29, 1.82) is 0 Å². The van der Waals surface area contributed by atoms with Gasteiger partial charge < -0.3 is 14.9 Å². The summed E-state index contributed by atoms with van der Waals surface area (Å²) >= 11 is 0. The molecule has 0 unspecified atom stereocenters. The highest BCUT2D eigenvalue weighted by Crippen LogP contribution is 2.21. The van der Waals surface area contributed by atoms with Crippen molar-refractivity contribution in [3.63, 3.8) is 0 Å². The van der Waals surface area contributed by atoms with Crippen molar-refractivity contribution in [1.82, 2.24) is 4.98 Å². The Kier molecular flexibility index (Phi) is 3.33. The van der Waals surface area contributed by atoms with Gasteiger partial charge in [0.15, 0.2) is 5.58 Å². The molecule has 0 amide bonds. The van der Waals surface area contributed by atoms with Gasteiger partial charge in [-0.2, -0.15) is 4.98 Å². The lowest BCUT2D eigenvalue weighted by atomic mass is 9.96. The van der Waals surface area contributed by atoms with Crippen LogP contribution < -0.4 is 10.5 Å². The van der Waals surface area contributed by atoms with E-state index in [-0.39, 0.29) is 5.54 Å². The Hall–Kier alpha value is -1.55. The Morgan fingerprint density at radius 3 is 2.65 bits per heavy atom. The molecule has 1 aromatic carbocycles. The second-order valence-electron chi connectivity index (χ2n) is 4.31. The lowest BCUT2D eigenvalue weighted by Gasteiger charge is -2.25. The summed E-state index contributed by atoms with van der Waals surface area (Å²) in [6.07, 6.45) is 2.02. The predicted molar refractivity (Wildman–Crippen MR) is 67.0 cm³/mol. The SMILES string of the molecule is CCC(N)(CC)COc1nc2ccccc2o1. The van der Waals surface area contributed by atoms with Gasteiger partial charge in [-0.15, -0.1) is 0 Å². The van der Waals surface area contributed by atoms with Crippen molar-refractivity contribution >= 4 is 11.1 Å². The molecule has 0 saturated heterocycles. The molecule has 0 spiro atoms. The summed E-state index contributed by atoms with van der Waals surface area (Å²) in [5, 5.41) is 0. The normalized spacial score (nSPS) is 11.9. The quantitative estimate of drug-likeness (QED) is 0.864. The van der Waals surface area contributed by atoms with E-state index in [9.17, 15) is 0 Å². The molecule has 1 heterocycles. The molecule has 17 heavy (non-hydrogen) atoms. The topological polar surface area (TPSA) is 61.3 Å². The maximum Gasteiger partial charge on any atom is 0.394 e. The van der Waals surface area contributed by atoms with Crippen molar-refractivity contribution in [3.05, 3.63) is 24.3 Å². The molecule has 0 radical (unpaired) electrons. The molecular formula is C13H18N2O2. The monoisotopic (exact) mass is 234 g/mol. The molecule has 4 heteroatoms. The van der Waals surface area contributed by atoms with Gasteiger partial charge >= 0.3 is 6.08 Å². The van der Waals surface area contributed by atoms with E-state index in [0.717, 1.165) is 23.9 Å². The number of aromatic nitrogens is 1. The number of oxazole rings is 1. The van der Waals surface area contributed by atoms with Gasteiger partial charge in [-0.3, -0.25) is 0 Å². The fourth-order valence-electron chi connectivity index (χ4n) is 1.57. The van der Waals surface area contributed by atoms with Gasteiger partial charge in [0.25, 0.3) is 0 Å². The third-order valence-corrected chi connectivity index (χ3v) is 3.17. The van der Waals surface area contributed by atoms with E-state index in [1.165, 1.54) is 0 Å². The molecule has 2 N–H and O–H groups in total. The Labute approximate surface area is 101 Å². The summed E-state index contributed by atoms with van der Waals surface area (Å²) in [6, 6.07) is 7.58. The number of nitrogens with two attached hydrogens (primary N) is 1. The standard InChI is InChI=1S/C13H18N2O2/c1-3-13(14,4-2)9-16-12-15-10-7-5-6-8-11(10)17-12/h5-8H,3-4,9,14H2,1-2H3. The van der Waals surface area contributed by atoms with E-state index in [2.05, 4.69) is 18.8 Å². The Morgan fingerprint density at radius 1 is 1.29 bits per heavy atom. The van der Waals surface area contributed by atoms with Crippen LogP contribution in [0.25, 0.3) is 11.1 Å². The average molecular weight is 234 g/mol. The molecule has 0 fully saturated rings. The van der Waals surface area contributed by atoms with Crippen molar-refractivity contribution in [2.75, 3.05) is 6.61 Å². The maximum atomic E-state index is 6.14. The average Bonchev–Trinajstić information content (AvgIpc) is 2.79. The van der Waals surface area contributed by atoms with Crippen LogP contribution in [0.2, 0.25) is 0 Å². The van der Waals surface area contributed by atoms with Crippen molar-refractivity contribution < 1.29 is 9.15 Å². The zero-order valence-corrected chi connectivity index (χ0v) is 10.3. The third kappa shape index (κ3) is 2.58. The Bertz CT molecular complexity index is 456.